The first-order valence-electron chi connectivity index (χ1n) is 14.8. The van der Waals surface area contributed by atoms with Crippen LogP contribution in [0.4, 0.5) is 28.9 Å². The van der Waals surface area contributed by atoms with Crippen molar-refractivity contribution >= 4 is 44.6 Å². The Balaban J connectivity index is 1.49. The monoisotopic (exact) mass is 681 g/mol. The van der Waals surface area contributed by atoms with E-state index in [1.807, 2.05) is 25.8 Å². The molecular formula is C33H36ClF4N3O4S. The number of nitrogens with zero attached hydrogens (tertiary/aromatic N) is 3. The number of hydrogen-bond acceptors (Lipinski definition) is 6. The number of ether oxygens (including phenoxy) is 2. The van der Waals surface area contributed by atoms with Gasteiger partial charge in [0.1, 0.15) is 5.82 Å². The van der Waals surface area contributed by atoms with E-state index in [1.54, 1.807) is 37.3 Å². The molecule has 2 heterocycles. The molecule has 0 bridgehead atoms. The van der Waals surface area contributed by atoms with Crippen molar-refractivity contribution in [3.63, 3.8) is 0 Å². The normalized spacial score (nSPS) is 17.8. The second-order valence-corrected chi connectivity index (χ2v) is 14.2. The summed E-state index contributed by atoms with van der Waals surface area (Å²) >= 11 is 6.28. The fourth-order valence-corrected chi connectivity index (χ4v) is 7.41. The lowest BCUT2D eigenvalue weighted by Gasteiger charge is -2.41. The van der Waals surface area contributed by atoms with Crippen molar-refractivity contribution in [2.75, 3.05) is 55.6 Å². The largest absolute Gasteiger partial charge is 0.416 e. The van der Waals surface area contributed by atoms with Gasteiger partial charge in [-0.1, -0.05) is 35.9 Å². The molecule has 0 amide bonds. The zero-order valence-electron chi connectivity index (χ0n) is 25.9. The molecule has 46 heavy (non-hydrogen) atoms. The molecule has 0 unspecified atom stereocenters. The molecule has 1 saturated heterocycles. The minimum absolute atomic E-state index is 0.00439. The van der Waals surface area contributed by atoms with E-state index < -0.39 is 38.3 Å². The van der Waals surface area contributed by atoms with Gasteiger partial charge in [0, 0.05) is 25.2 Å². The molecule has 13 heteroatoms. The van der Waals surface area contributed by atoms with Crippen molar-refractivity contribution in [2.24, 2.45) is 0 Å². The number of sulfonamides is 1. The topological polar surface area (TPSA) is 62.3 Å². The Hall–Kier alpha value is -3.16. The first-order valence-corrected chi connectivity index (χ1v) is 16.6. The molecule has 0 N–H and O–H groups in total. The van der Waals surface area contributed by atoms with Gasteiger partial charge in [0.05, 0.1) is 52.7 Å². The van der Waals surface area contributed by atoms with Crippen molar-refractivity contribution in [1.29, 1.82) is 0 Å². The van der Waals surface area contributed by atoms with E-state index in [2.05, 4.69) is 4.90 Å². The molecule has 0 aromatic heterocycles. The predicted molar refractivity (Wildman–Crippen MR) is 172 cm³/mol. The van der Waals surface area contributed by atoms with Crippen molar-refractivity contribution in [2.45, 2.75) is 43.7 Å². The number of anilines is 2. The molecule has 0 aliphatic carbocycles. The van der Waals surface area contributed by atoms with Crippen LogP contribution in [-0.2, 0) is 25.7 Å². The van der Waals surface area contributed by atoms with E-state index >= 15 is 0 Å². The predicted octanol–water partition coefficient (Wildman–Crippen LogP) is 7.16. The summed E-state index contributed by atoms with van der Waals surface area (Å²) in [5, 5.41) is 0.230. The standard InChI is InChI=1S/C33H36ClF4N3O4S/c1-22(31-27(34)9-6-10-28(31)35)17-23-11-12-29-30(18-23)41(46(42,43)26-8-5-7-24(19-26)33(36,37)38)16-15-40(29)14-13-39(4)25-20-44-32(2,3)45-21-25/h5-12,17-19,25H,13-16,20-21H2,1-4H3/b22-17+. The van der Waals surface area contributed by atoms with Gasteiger partial charge in [-0.2, -0.15) is 13.2 Å². The van der Waals surface area contributed by atoms with Crippen LogP contribution in [0.1, 0.15) is 37.5 Å². The number of benzene rings is 3. The van der Waals surface area contributed by atoms with Crippen molar-refractivity contribution in [1.82, 2.24) is 4.90 Å². The Labute approximate surface area is 272 Å². The molecule has 0 saturated carbocycles. The van der Waals surface area contributed by atoms with Gasteiger partial charge in [0.2, 0.25) is 0 Å². The highest BCUT2D eigenvalue weighted by atomic mass is 35.5. The van der Waals surface area contributed by atoms with Crippen LogP contribution in [0.2, 0.25) is 5.02 Å². The molecule has 1 fully saturated rings. The first-order chi connectivity index (χ1) is 21.6. The summed E-state index contributed by atoms with van der Waals surface area (Å²) in [6.45, 7) is 7.90. The van der Waals surface area contributed by atoms with Gasteiger partial charge >= 0.3 is 6.18 Å². The first kappa shape index (κ1) is 34.2. The van der Waals surface area contributed by atoms with Crippen molar-refractivity contribution < 1.29 is 35.5 Å². The third-order valence-electron chi connectivity index (χ3n) is 8.26. The maximum Gasteiger partial charge on any atom is 0.416 e. The summed E-state index contributed by atoms with van der Waals surface area (Å²) in [4.78, 5) is 3.71. The molecule has 2 aliphatic rings. The number of alkyl halides is 3. The van der Waals surface area contributed by atoms with Crippen LogP contribution in [0.15, 0.2) is 65.6 Å². The minimum Gasteiger partial charge on any atom is -0.367 e. The van der Waals surface area contributed by atoms with E-state index in [4.69, 9.17) is 21.1 Å². The van der Waals surface area contributed by atoms with Gasteiger partial charge in [-0.15, -0.1) is 0 Å². The summed E-state index contributed by atoms with van der Waals surface area (Å²) in [7, 11) is -2.42. The zero-order valence-corrected chi connectivity index (χ0v) is 27.5. The summed E-state index contributed by atoms with van der Waals surface area (Å²) in [5.74, 6) is -1.14. The van der Waals surface area contributed by atoms with E-state index in [1.165, 1.54) is 12.1 Å². The second-order valence-electron chi connectivity index (χ2n) is 11.9. The minimum atomic E-state index is -4.71. The Morgan fingerprint density at radius 3 is 2.41 bits per heavy atom. The summed E-state index contributed by atoms with van der Waals surface area (Å²) in [6, 6.07) is 13.4. The number of rotatable bonds is 8. The molecule has 0 radical (unpaired) electrons. The third-order valence-corrected chi connectivity index (χ3v) is 10.4. The molecular weight excluding hydrogens is 646 g/mol. The Bertz CT molecular complexity index is 1700. The van der Waals surface area contributed by atoms with Gasteiger partial charge in [-0.25, -0.2) is 12.8 Å². The number of fused-ring (bicyclic) bond motifs is 1. The van der Waals surface area contributed by atoms with Crippen LogP contribution < -0.4 is 9.21 Å². The van der Waals surface area contributed by atoms with Crippen molar-refractivity contribution in [3.8, 4) is 0 Å². The average Bonchev–Trinajstić information content (AvgIpc) is 2.99. The third kappa shape index (κ3) is 7.36. The average molecular weight is 682 g/mol. The van der Waals surface area contributed by atoms with Gasteiger partial charge in [-0.05, 0) is 81.4 Å². The van der Waals surface area contributed by atoms with Crippen LogP contribution >= 0.6 is 11.6 Å². The number of allylic oxidation sites excluding steroid dienone is 1. The van der Waals surface area contributed by atoms with E-state index in [0.717, 1.165) is 22.5 Å². The van der Waals surface area contributed by atoms with E-state index in [-0.39, 0.29) is 23.2 Å². The van der Waals surface area contributed by atoms with Gasteiger partial charge in [0.25, 0.3) is 10.0 Å². The summed E-state index contributed by atoms with van der Waals surface area (Å²) < 4.78 is 95.8. The zero-order chi connectivity index (χ0) is 33.4. The maximum absolute atomic E-state index is 14.7. The molecule has 5 rings (SSSR count). The lowest BCUT2D eigenvalue weighted by Crippen LogP contribution is -2.51. The molecule has 7 nitrogen and oxygen atoms in total. The fourth-order valence-electron chi connectivity index (χ4n) is 5.59. The highest BCUT2D eigenvalue weighted by Crippen LogP contribution is 2.39. The molecule has 2 aliphatic heterocycles. The number of halogens is 5. The van der Waals surface area contributed by atoms with E-state index in [0.29, 0.717) is 61.4 Å². The number of hydrogen-bond donors (Lipinski definition) is 0. The van der Waals surface area contributed by atoms with Crippen LogP contribution in [0, 0.1) is 5.82 Å². The SMILES string of the molecule is C/C(=C\c1ccc2c(c1)N(S(=O)(=O)c1cccc(C(F)(F)F)c1)CCN2CCN(C)C1COC(C)(C)OC1)c1c(F)cccc1Cl. The lowest BCUT2D eigenvalue weighted by molar-refractivity contribution is -0.262. The fraction of sp³-hybridized carbons (Fsp3) is 0.394. The smallest absolute Gasteiger partial charge is 0.367 e. The quantitative estimate of drug-likeness (QED) is 0.186. The van der Waals surface area contributed by atoms with Gasteiger partial charge in [0.15, 0.2) is 5.79 Å². The Morgan fingerprint density at radius 2 is 1.74 bits per heavy atom. The van der Waals surface area contributed by atoms with E-state index in [9.17, 15) is 26.0 Å². The Kier molecular flexibility index (Phi) is 9.77. The number of likely N-dealkylation sites (N-methyl/N-ethyl adjacent to an activating group) is 1. The van der Waals surface area contributed by atoms with Crippen LogP contribution in [-0.4, -0.2) is 71.6 Å². The lowest BCUT2D eigenvalue weighted by atomic mass is 10.0. The molecule has 0 atom stereocenters. The van der Waals surface area contributed by atoms with Crippen LogP contribution in [0.5, 0.6) is 0 Å². The highest BCUT2D eigenvalue weighted by molar-refractivity contribution is 7.92. The molecule has 248 valence electrons. The maximum atomic E-state index is 14.7. The second kappa shape index (κ2) is 13.2. The summed E-state index contributed by atoms with van der Waals surface area (Å²) in [5.41, 5.74) is 1.16. The van der Waals surface area contributed by atoms with Gasteiger partial charge in [-0.3, -0.25) is 9.21 Å². The summed E-state index contributed by atoms with van der Waals surface area (Å²) in [6.07, 6.45) is -3.02. The van der Waals surface area contributed by atoms with Crippen molar-refractivity contribution in [3.05, 3.63) is 88.2 Å². The molecule has 3 aromatic rings. The highest BCUT2D eigenvalue weighted by Gasteiger charge is 2.36. The molecule has 3 aromatic carbocycles. The van der Waals surface area contributed by atoms with Crippen LogP contribution in [0.25, 0.3) is 11.6 Å². The Morgan fingerprint density at radius 1 is 1.04 bits per heavy atom. The van der Waals surface area contributed by atoms with Gasteiger partial charge < -0.3 is 14.4 Å². The van der Waals surface area contributed by atoms with Crippen LogP contribution in [0.3, 0.4) is 0 Å². The molecule has 0 spiro atoms.